The first-order valence-electron chi connectivity index (χ1n) is 10.2. The molecule has 1 aliphatic heterocycles. The van der Waals surface area contributed by atoms with Crippen molar-refractivity contribution in [1.29, 1.82) is 0 Å². The number of urea groups is 1. The highest BCUT2D eigenvalue weighted by Crippen LogP contribution is 2.38. The molecule has 2 aromatic carbocycles. The van der Waals surface area contributed by atoms with Crippen LogP contribution in [0.5, 0.6) is 11.5 Å². The SMILES string of the molecule is C=CCN1C(=O)C(C)(C)COc2cc(NC(=O)NCCc3ccc(OC)cc3)ccc21. The number of methoxy groups -OCH3 is 1. The van der Waals surface area contributed by atoms with Crippen LogP contribution in [-0.2, 0) is 11.2 Å². The van der Waals surface area contributed by atoms with Crippen LogP contribution in [0.2, 0.25) is 0 Å². The first-order valence-corrected chi connectivity index (χ1v) is 10.2. The monoisotopic (exact) mass is 423 g/mol. The van der Waals surface area contributed by atoms with E-state index in [0.717, 1.165) is 11.3 Å². The summed E-state index contributed by atoms with van der Waals surface area (Å²) in [6.45, 7) is 8.59. The lowest BCUT2D eigenvalue weighted by atomic mass is 9.93. The first-order chi connectivity index (χ1) is 14.8. The third kappa shape index (κ3) is 5.36. The average Bonchev–Trinajstić information content (AvgIpc) is 2.84. The number of amides is 3. The van der Waals surface area contributed by atoms with Crippen LogP contribution in [0.4, 0.5) is 16.2 Å². The summed E-state index contributed by atoms with van der Waals surface area (Å²) in [5.74, 6) is 1.33. The summed E-state index contributed by atoms with van der Waals surface area (Å²) >= 11 is 0. The fourth-order valence-corrected chi connectivity index (χ4v) is 3.32. The second-order valence-electron chi connectivity index (χ2n) is 8.04. The van der Waals surface area contributed by atoms with Gasteiger partial charge in [0.2, 0.25) is 5.91 Å². The summed E-state index contributed by atoms with van der Waals surface area (Å²) in [5.41, 5.74) is 1.70. The quantitative estimate of drug-likeness (QED) is 0.660. The maximum atomic E-state index is 12.9. The molecule has 164 valence electrons. The molecule has 1 aliphatic rings. The number of fused-ring (bicyclic) bond motifs is 1. The van der Waals surface area contributed by atoms with Gasteiger partial charge in [-0.1, -0.05) is 18.2 Å². The van der Waals surface area contributed by atoms with Gasteiger partial charge in [0, 0.05) is 24.8 Å². The summed E-state index contributed by atoms with van der Waals surface area (Å²) in [6.07, 6.45) is 2.39. The lowest BCUT2D eigenvalue weighted by Crippen LogP contribution is -2.42. The van der Waals surface area contributed by atoms with E-state index in [1.807, 2.05) is 38.1 Å². The highest BCUT2D eigenvalue weighted by Gasteiger charge is 2.37. The van der Waals surface area contributed by atoms with Crippen LogP contribution in [0.25, 0.3) is 0 Å². The summed E-state index contributed by atoms with van der Waals surface area (Å²) in [7, 11) is 1.63. The smallest absolute Gasteiger partial charge is 0.319 e. The van der Waals surface area contributed by atoms with Crippen molar-refractivity contribution in [3.63, 3.8) is 0 Å². The van der Waals surface area contributed by atoms with Gasteiger partial charge in [0.1, 0.15) is 18.1 Å². The summed E-state index contributed by atoms with van der Waals surface area (Å²) in [4.78, 5) is 26.8. The Bertz CT molecular complexity index is 954. The Hall–Kier alpha value is -3.48. The van der Waals surface area contributed by atoms with E-state index in [1.165, 1.54) is 0 Å². The molecule has 7 heteroatoms. The van der Waals surface area contributed by atoms with Crippen molar-refractivity contribution in [3.8, 4) is 11.5 Å². The number of carbonyl (C=O) groups is 2. The van der Waals surface area contributed by atoms with E-state index < -0.39 is 5.41 Å². The molecule has 2 N–H and O–H groups in total. The number of hydrogen-bond donors (Lipinski definition) is 2. The molecule has 0 aliphatic carbocycles. The van der Waals surface area contributed by atoms with Crippen LogP contribution >= 0.6 is 0 Å². The van der Waals surface area contributed by atoms with E-state index in [1.54, 1.807) is 36.3 Å². The molecule has 3 amide bonds. The number of rotatable bonds is 7. The highest BCUT2D eigenvalue weighted by molar-refractivity contribution is 6.00. The number of carbonyl (C=O) groups excluding carboxylic acids is 2. The van der Waals surface area contributed by atoms with Gasteiger partial charge < -0.3 is 25.0 Å². The first kappa shape index (κ1) is 22.2. The molecule has 1 heterocycles. The highest BCUT2D eigenvalue weighted by atomic mass is 16.5. The van der Waals surface area contributed by atoms with Crippen LogP contribution in [0, 0.1) is 5.41 Å². The minimum Gasteiger partial charge on any atom is -0.497 e. The van der Waals surface area contributed by atoms with E-state index in [4.69, 9.17) is 9.47 Å². The maximum Gasteiger partial charge on any atom is 0.319 e. The van der Waals surface area contributed by atoms with Gasteiger partial charge in [-0.05, 0) is 50.1 Å². The second-order valence-corrected chi connectivity index (χ2v) is 8.04. The van der Waals surface area contributed by atoms with Gasteiger partial charge >= 0.3 is 6.03 Å². The molecule has 7 nitrogen and oxygen atoms in total. The number of nitrogens with zero attached hydrogens (tertiary/aromatic N) is 1. The second kappa shape index (κ2) is 9.55. The molecule has 2 aromatic rings. The molecule has 0 aromatic heterocycles. The molecule has 0 unspecified atom stereocenters. The molecule has 0 spiro atoms. The fourth-order valence-electron chi connectivity index (χ4n) is 3.32. The lowest BCUT2D eigenvalue weighted by Gasteiger charge is -2.27. The van der Waals surface area contributed by atoms with Crippen LogP contribution in [0.1, 0.15) is 19.4 Å². The van der Waals surface area contributed by atoms with E-state index in [2.05, 4.69) is 17.2 Å². The van der Waals surface area contributed by atoms with Gasteiger partial charge in [0.15, 0.2) is 0 Å². The Morgan fingerprint density at radius 2 is 2.00 bits per heavy atom. The Kier molecular flexibility index (Phi) is 6.84. The molecule has 3 rings (SSSR count). The third-order valence-electron chi connectivity index (χ3n) is 5.09. The number of hydrogen-bond acceptors (Lipinski definition) is 4. The van der Waals surface area contributed by atoms with Crippen LogP contribution in [0.3, 0.4) is 0 Å². The van der Waals surface area contributed by atoms with Crippen molar-refractivity contribution >= 4 is 23.3 Å². The average molecular weight is 424 g/mol. The number of anilines is 2. The number of ether oxygens (including phenoxy) is 2. The molecule has 0 radical (unpaired) electrons. The summed E-state index contributed by atoms with van der Waals surface area (Å²) in [5, 5.41) is 5.67. The number of benzene rings is 2. The standard InChI is InChI=1S/C24H29N3O4/c1-5-14-27-20-11-8-18(15-21(20)31-16-24(2,3)22(27)28)26-23(29)25-13-12-17-6-9-19(30-4)10-7-17/h5-11,15H,1,12-14,16H2,2-4H3,(H2,25,26,29). The van der Waals surface area contributed by atoms with Crippen LogP contribution in [0.15, 0.2) is 55.1 Å². The van der Waals surface area contributed by atoms with Crippen molar-refractivity contribution in [3.05, 3.63) is 60.7 Å². The lowest BCUT2D eigenvalue weighted by molar-refractivity contribution is -0.127. The molecule has 0 fully saturated rings. The van der Waals surface area contributed by atoms with Gasteiger partial charge in [-0.15, -0.1) is 6.58 Å². The van der Waals surface area contributed by atoms with Gasteiger partial charge in [-0.3, -0.25) is 4.79 Å². The Morgan fingerprint density at radius 3 is 2.68 bits per heavy atom. The maximum absolute atomic E-state index is 12.9. The molecule has 31 heavy (non-hydrogen) atoms. The predicted molar refractivity (Wildman–Crippen MR) is 122 cm³/mol. The summed E-state index contributed by atoms with van der Waals surface area (Å²) < 4.78 is 11.1. The minimum atomic E-state index is -0.658. The normalized spacial score (nSPS) is 14.7. The van der Waals surface area contributed by atoms with Crippen LogP contribution < -0.4 is 25.0 Å². The van der Waals surface area contributed by atoms with Crippen molar-refractivity contribution in [2.45, 2.75) is 20.3 Å². The van der Waals surface area contributed by atoms with Crippen LogP contribution in [-0.4, -0.2) is 38.7 Å². The van der Waals surface area contributed by atoms with Gasteiger partial charge in [-0.25, -0.2) is 4.79 Å². The van der Waals surface area contributed by atoms with E-state index in [9.17, 15) is 9.59 Å². The molecule has 0 atom stereocenters. The van der Waals surface area contributed by atoms with E-state index in [0.29, 0.717) is 36.6 Å². The molecule has 0 saturated carbocycles. The number of nitrogens with one attached hydrogen (secondary N) is 2. The molecule has 0 saturated heterocycles. The molecular formula is C24H29N3O4. The van der Waals surface area contributed by atoms with E-state index >= 15 is 0 Å². The van der Waals surface area contributed by atoms with Crippen molar-refractivity contribution < 1.29 is 19.1 Å². The molecular weight excluding hydrogens is 394 g/mol. The minimum absolute atomic E-state index is 0.0249. The molecule has 0 bridgehead atoms. The van der Waals surface area contributed by atoms with Gasteiger partial charge in [0.25, 0.3) is 0 Å². The van der Waals surface area contributed by atoms with E-state index in [-0.39, 0.29) is 18.5 Å². The zero-order chi connectivity index (χ0) is 22.4. The van der Waals surface area contributed by atoms with Gasteiger partial charge in [0.05, 0.1) is 18.2 Å². The van der Waals surface area contributed by atoms with Crippen molar-refractivity contribution in [2.75, 3.05) is 37.0 Å². The fraction of sp³-hybridized carbons (Fsp3) is 0.333. The predicted octanol–water partition coefficient (Wildman–Crippen LogP) is 4.00. The summed E-state index contributed by atoms with van der Waals surface area (Å²) in [6, 6.07) is 12.7. The Labute approximate surface area is 183 Å². The van der Waals surface area contributed by atoms with Crippen molar-refractivity contribution in [2.24, 2.45) is 5.41 Å². The topological polar surface area (TPSA) is 79.9 Å². The Morgan fingerprint density at radius 1 is 1.26 bits per heavy atom. The largest absolute Gasteiger partial charge is 0.497 e. The zero-order valence-corrected chi connectivity index (χ0v) is 18.2. The zero-order valence-electron chi connectivity index (χ0n) is 18.2. The third-order valence-corrected chi connectivity index (χ3v) is 5.09. The van der Waals surface area contributed by atoms with Gasteiger partial charge in [-0.2, -0.15) is 0 Å². The Balaban J connectivity index is 1.62. The van der Waals surface area contributed by atoms with Crippen molar-refractivity contribution in [1.82, 2.24) is 5.32 Å².